The van der Waals surface area contributed by atoms with Crippen molar-refractivity contribution < 1.29 is 4.79 Å². The zero-order chi connectivity index (χ0) is 18.8. The van der Waals surface area contributed by atoms with Crippen LogP contribution >= 0.6 is 27.7 Å². The van der Waals surface area contributed by atoms with Crippen molar-refractivity contribution >= 4 is 50.7 Å². The lowest BCUT2D eigenvalue weighted by Gasteiger charge is -2.10. The number of aryl methyl sites for hydroxylation is 2. The first-order valence-electron chi connectivity index (χ1n) is 8.21. The molecule has 1 atom stereocenters. The molecule has 1 fully saturated rings. The van der Waals surface area contributed by atoms with E-state index in [2.05, 4.69) is 21.2 Å². The highest BCUT2D eigenvalue weighted by molar-refractivity contribution is 9.10. The Hall–Kier alpha value is -2.05. The van der Waals surface area contributed by atoms with Crippen LogP contribution in [0.1, 0.15) is 27.0 Å². The molecule has 0 radical (unpaired) electrons. The van der Waals surface area contributed by atoms with Gasteiger partial charge < -0.3 is 16.5 Å². The van der Waals surface area contributed by atoms with Crippen molar-refractivity contribution in [3.05, 3.63) is 69.6 Å². The highest BCUT2D eigenvalue weighted by Gasteiger charge is 2.26. The van der Waals surface area contributed by atoms with Gasteiger partial charge in [0.1, 0.15) is 0 Å². The number of hydrogen-bond acceptors (Lipinski definition) is 4. The lowest BCUT2D eigenvalue weighted by atomic mass is 10.1. The van der Waals surface area contributed by atoms with E-state index in [0.29, 0.717) is 17.0 Å². The van der Waals surface area contributed by atoms with Crippen LogP contribution in [0.4, 0.5) is 5.69 Å². The zero-order valence-electron chi connectivity index (χ0n) is 14.6. The van der Waals surface area contributed by atoms with Crippen LogP contribution in [0.3, 0.4) is 0 Å². The summed E-state index contributed by atoms with van der Waals surface area (Å²) in [6.45, 7) is 4.06. The number of anilines is 1. The molecule has 0 bridgehead atoms. The summed E-state index contributed by atoms with van der Waals surface area (Å²) in [5, 5.41) is 11.0. The lowest BCUT2D eigenvalue weighted by molar-refractivity contribution is 0.102. The van der Waals surface area contributed by atoms with Crippen LogP contribution in [-0.4, -0.2) is 22.2 Å². The van der Waals surface area contributed by atoms with Gasteiger partial charge >= 0.3 is 0 Å². The van der Waals surface area contributed by atoms with Gasteiger partial charge in [0.05, 0.1) is 21.1 Å². The maximum Gasteiger partial charge on any atom is 0.255 e. The number of alkyl halides is 1. The molecule has 1 saturated heterocycles. The number of nitrogens with two attached hydrogens (primary N) is 1. The van der Waals surface area contributed by atoms with Crippen molar-refractivity contribution in [2.75, 3.05) is 11.1 Å². The van der Waals surface area contributed by atoms with E-state index in [1.165, 1.54) is 5.56 Å². The molecular formula is C20H20BrN3OS. The van der Waals surface area contributed by atoms with Gasteiger partial charge in [0.25, 0.3) is 5.91 Å². The van der Waals surface area contributed by atoms with Crippen molar-refractivity contribution in [2.45, 2.75) is 18.7 Å². The summed E-state index contributed by atoms with van der Waals surface area (Å²) in [5.74, 6) is 0.653. The number of thioether (sulfide) groups is 1. The molecule has 1 unspecified atom stereocenters. The van der Waals surface area contributed by atoms with Crippen LogP contribution in [0.25, 0.3) is 5.70 Å². The third-order valence-corrected chi connectivity index (χ3v) is 6.84. The number of nitrogens with one attached hydrogen (secondary N) is 2. The van der Waals surface area contributed by atoms with Crippen LogP contribution in [0.5, 0.6) is 0 Å². The molecule has 0 saturated carbocycles. The highest BCUT2D eigenvalue weighted by Crippen LogP contribution is 2.35. The van der Waals surface area contributed by atoms with E-state index in [9.17, 15) is 4.79 Å². The van der Waals surface area contributed by atoms with Crippen LogP contribution in [0.15, 0.2) is 47.4 Å². The van der Waals surface area contributed by atoms with E-state index < -0.39 is 0 Å². The fourth-order valence-corrected chi connectivity index (χ4v) is 4.47. The summed E-state index contributed by atoms with van der Waals surface area (Å²) in [5.41, 5.74) is 11.8. The smallest absolute Gasteiger partial charge is 0.255 e. The third-order valence-electron chi connectivity index (χ3n) is 4.40. The minimum Gasteiger partial charge on any atom is -0.397 e. The third kappa shape index (κ3) is 3.86. The van der Waals surface area contributed by atoms with E-state index in [1.807, 2.05) is 44.2 Å². The first-order valence-corrected chi connectivity index (χ1v) is 10.1. The number of hydrogen-bond donors (Lipinski definition) is 3. The topological polar surface area (TPSA) is 79.0 Å². The van der Waals surface area contributed by atoms with Crippen molar-refractivity contribution in [1.82, 2.24) is 0 Å². The molecule has 4 nitrogen and oxygen atoms in total. The standard InChI is InChI=1S/C20H20BrN3OS/c1-11-3-8-15(9-12(11)2)24-20(25)14-6-4-13(5-7-14)17(22)19-18(23)16(21)10-26-19/h3-9,16,23H,10,22H2,1-2H3,(H,24,25)/b19-17+,23-18?. The minimum absolute atomic E-state index is 0.0454. The summed E-state index contributed by atoms with van der Waals surface area (Å²) >= 11 is 5.05. The first kappa shape index (κ1) is 18.7. The van der Waals surface area contributed by atoms with Gasteiger partial charge in [-0.05, 0) is 54.8 Å². The van der Waals surface area contributed by atoms with Crippen LogP contribution in [0.2, 0.25) is 0 Å². The maximum atomic E-state index is 12.4. The summed E-state index contributed by atoms with van der Waals surface area (Å²) in [6, 6.07) is 13.0. The number of benzene rings is 2. The van der Waals surface area contributed by atoms with Gasteiger partial charge in [0, 0.05) is 17.0 Å². The van der Waals surface area contributed by atoms with E-state index >= 15 is 0 Å². The van der Waals surface area contributed by atoms with Gasteiger partial charge in [-0.15, -0.1) is 11.8 Å². The number of allylic oxidation sites excluding steroid dienone is 1. The Balaban J connectivity index is 1.77. The zero-order valence-corrected chi connectivity index (χ0v) is 17.0. The van der Waals surface area contributed by atoms with Crippen molar-refractivity contribution in [2.24, 2.45) is 5.73 Å². The fourth-order valence-electron chi connectivity index (χ4n) is 2.64. The van der Waals surface area contributed by atoms with E-state index in [4.69, 9.17) is 11.1 Å². The molecule has 0 aromatic heterocycles. The second kappa shape index (κ2) is 7.68. The van der Waals surface area contributed by atoms with Gasteiger partial charge in [-0.25, -0.2) is 0 Å². The summed E-state index contributed by atoms with van der Waals surface area (Å²) < 4.78 is 0. The number of carbonyl (C=O) groups is 1. The van der Waals surface area contributed by atoms with E-state index in [1.54, 1.807) is 23.9 Å². The van der Waals surface area contributed by atoms with Crippen LogP contribution in [0, 0.1) is 19.3 Å². The number of amides is 1. The average molecular weight is 430 g/mol. The quantitative estimate of drug-likeness (QED) is 0.617. The molecule has 0 spiro atoms. The predicted molar refractivity (Wildman–Crippen MR) is 114 cm³/mol. The Bertz CT molecular complexity index is 906. The predicted octanol–water partition coefficient (Wildman–Crippen LogP) is 4.71. The Kier molecular flexibility index (Phi) is 5.53. The Morgan fingerprint density at radius 1 is 1.15 bits per heavy atom. The summed E-state index contributed by atoms with van der Waals surface area (Å²) in [4.78, 5) is 13.3. The molecule has 0 aliphatic carbocycles. The van der Waals surface area contributed by atoms with Crippen molar-refractivity contribution in [3.8, 4) is 0 Å². The Morgan fingerprint density at radius 2 is 1.81 bits per heavy atom. The van der Waals surface area contributed by atoms with Gasteiger partial charge in [-0.2, -0.15) is 0 Å². The molecule has 3 rings (SSSR count). The molecule has 1 aliphatic rings. The molecule has 1 aliphatic heterocycles. The van der Waals surface area contributed by atoms with Crippen LogP contribution < -0.4 is 11.1 Å². The van der Waals surface area contributed by atoms with Gasteiger partial charge in [-0.3, -0.25) is 4.79 Å². The Labute approximate surface area is 165 Å². The second-order valence-corrected chi connectivity index (χ2v) is 8.40. The average Bonchev–Trinajstić information content (AvgIpc) is 2.97. The summed E-state index contributed by atoms with van der Waals surface area (Å²) in [6.07, 6.45) is 0. The monoisotopic (exact) mass is 429 g/mol. The molecular weight excluding hydrogens is 410 g/mol. The Morgan fingerprint density at radius 3 is 2.38 bits per heavy atom. The first-order chi connectivity index (χ1) is 12.4. The number of rotatable bonds is 3. The van der Waals surface area contributed by atoms with Crippen LogP contribution in [-0.2, 0) is 0 Å². The van der Waals surface area contributed by atoms with Gasteiger partial charge in [0.2, 0.25) is 0 Å². The minimum atomic E-state index is -0.158. The normalized spacial score (nSPS) is 18.7. The lowest BCUT2D eigenvalue weighted by Crippen LogP contribution is -2.13. The van der Waals surface area contributed by atoms with Gasteiger partial charge in [0.15, 0.2) is 0 Å². The van der Waals surface area contributed by atoms with Crippen molar-refractivity contribution in [3.63, 3.8) is 0 Å². The second-order valence-electron chi connectivity index (χ2n) is 6.27. The van der Waals surface area contributed by atoms with E-state index in [-0.39, 0.29) is 10.7 Å². The van der Waals surface area contributed by atoms with Crippen molar-refractivity contribution in [1.29, 1.82) is 5.41 Å². The summed E-state index contributed by atoms with van der Waals surface area (Å²) in [7, 11) is 0. The molecule has 2 aromatic carbocycles. The molecule has 26 heavy (non-hydrogen) atoms. The molecule has 1 amide bonds. The molecule has 2 aromatic rings. The SMILES string of the molecule is Cc1ccc(NC(=O)c2ccc(/C(N)=C3\SCC(Br)C3=N)cc2)cc1C. The molecule has 6 heteroatoms. The fraction of sp³-hybridized carbons (Fsp3) is 0.200. The number of carbonyl (C=O) groups excluding carboxylic acids is 1. The molecule has 4 N–H and O–H groups in total. The maximum absolute atomic E-state index is 12.4. The number of halogens is 1. The van der Waals surface area contributed by atoms with E-state index in [0.717, 1.165) is 27.5 Å². The van der Waals surface area contributed by atoms with Gasteiger partial charge in [-0.1, -0.05) is 34.1 Å². The largest absolute Gasteiger partial charge is 0.397 e. The molecule has 134 valence electrons. The highest BCUT2D eigenvalue weighted by atomic mass is 79.9. The molecule has 1 heterocycles.